The predicted molar refractivity (Wildman–Crippen MR) is 100 cm³/mol. The molecule has 0 saturated carbocycles. The SMILES string of the molecule is Cc1ccc(C)c(-c2csc(NC(=O)C3Cc4ccccc4O3)n2)c1. The molecule has 0 spiro atoms. The molecule has 0 aliphatic carbocycles. The molecule has 2 heterocycles. The number of anilines is 1. The van der Waals surface area contributed by atoms with Crippen LogP contribution in [0.15, 0.2) is 47.8 Å². The number of hydrogen-bond donors (Lipinski definition) is 1. The molecule has 0 radical (unpaired) electrons. The lowest BCUT2D eigenvalue weighted by Crippen LogP contribution is -2.31. The zero-order valence-corrected chi connectivity index (χ0v) is 14.9. The highest BCUT2D eigenvalue weighted by atomic mass is 32.1. The maximum Gasteiger partial charge on any atom is 0.267 e. The van der Waals surface area contributed by atoms with Gasteiger partial charge in [0.2, 0.25) is 0 Å². The van der Waals surface area contributed by atoms with Gasteiger partial charge in [0.15, 0.2) is 11.2 Å². The Labute approximate surface area is 150 Å². The molecule has 4 rings (SSSR count). The van der Waals surface area contributed by atoms with E-state index in [1.165, 1.54) is 22.5 Å². The Balaban J connectivity index is 1.48. The Morgan fingerprint density at radius 3 is 2.92 bits per heavy atom. The molecule has 126 valence electrons. The largest absolute Gasteiger partial charge is 0.480 e. The van der Waals surface area contributed by atoms with E-state index in [9.17, 15) is 4.79 Å². The molecular weight excluding hydrogens is 332 g/mol. The quantitative estimate of drug-likeness (QED) is 0.763. The first-order valence-corrected chi connectivity index (χ1v) is 9.07. The van der Waals surface area contributed by atoms with Crippen LogP contribution in [0.5, 0.6) is 5.75 Å². The van der Waals surface area contributed by atoms with E-state index in [4.69, 9.17) is 4.74 Å². The van der Waals surface area contributed by atoms with Crippen molar-refractivity contribution in [3.8, 4) is 17.0 Å². The number of amides is 1. The van der Waals surface area contributed by atoms with E-state index in [2.05, 4.69) is 42.3 Å². The topological polar surface area (TPSA) is 51.2 Å². The van der Waals surface area contributed by atoms with Gasteiger partial charge in [-0.1, -0.05) is 35.9 Å². The molecule has 3 aromatic rings. The van der Waals surface area contributed by atoms with Gasteiger partial charge in [0.1, 0.15) is 5.75 Å². The first-order valence-electron chi connectivity index (χ1n) is 8.19. The number of nitrogens with zero attached hydrogens (tertiary/aromatic N) is 1. The van der Waals surface area contributed by atoms with Crippen molar-refractivity contribution < 1.29 is 9.53 Å². The van der Waals surface area contributed by atoms with Crippen molar-refractivity contribution in [1.29, 1.82) is 0 Å². The van der Waals surface area contributed by atoms with Crippen LogP contribution in [0.1, 0.15) is 16.7 Å². The van der Waals surface area contributed by atoms with Crippen LogP contribution < -0.4 is 10.1 Å². The summed E-state index contributed by atoms with van der Waals surface area (Å²) in [4.78, 5) is 17.1. The van der Waals surface area contributed by atoms with E-state index in [1.807, 2.05) is 29.6 Å². The van der Waals surface area contributed by atoms with Gasteiger partial charge in [0.25, 0.3) is 5.91 Å². The minimum Gasteiger partial charge on any atom is -0.480 e. The summed E-state index contributed by atoms with van der Waals surface area (Å²) in [5.74, 6) is 0.635. The number of carbonyl (C=O) groups is 1. The standard InChI is InChI=1S/C20H18N2O2S/c1-12-7-8-13(2)15(9-12)16-11-25-20(21-16)22-19(23)18-10-14-5-3-4-6-17(14)24-18/h3-9,11,18H,10H2,1-2H3,(H,21,22,23). The summed E-state index contributed by atoms with van der Waals surface area (Å²) in [5.41, 5.74) is 5.41. The van der Waals surface area contributed by atoms with Crippen LogP contribution in [0, 0.1) is 13.8 Å². The molecule has 25 heavy (non-hydrogen) atoms. The summed E-state index contributed by atoms with van der Waals surface area (Å²) in [6.07, 6.45) is 0.0995. The normalized spacial score (nSPS) is 15.5. The lowest BCUT2D eigenvalue weighted by atomic mass is 10.0. The fourth-order valence-electron chi connectivity index (χ4n) is 2.98. The Hall–Kier alpha value is -2.66. The van der Waals surface area contributed by atoms with Crippen molar-refractivity contribution in [2.24, 2.45) is 0 Å². The molecule has 1 aliphatic heterocycles. The number of para-hydroxylation sites is 1. The van der Waals surface area contributed by atoms with Crippen LogP contribution in [0.3, 0.4) is 0 Å². The minimum absolute atomic E-state index is 0.155. The van der Waals surface area contributed by atoms with Gasteiger partial charge in [0.05, 0.1) is 5.69 Å². The molecule has 5 heteroatoms. The molecule has 2 aromatic carbocycles. The number of aryl methyl sites for hydroxylation is 2. The van der Waals surface area contributed by atoms with Crippen LogP contribution in [-0.2, 0) is 11.2 Å². The van der Waals surface area contributed by atoms with Crippen molar-refractivity contribution in [1.82, 2.24) is 4.98 Å². The molecule has 0 saturated heterocycles. The molecule has 0 fully saturated rings. The zero-order chi connectivity index (χ0) is 17.4. The van der Waals surface area contributed by atoms with E-state index >= 15 is 0 Å². The second-order valence-corrected chi connectivity index (χ2v) is 7.12. The van der Waals surface area contributed by atoms with E-state index in [0.29, 0.717) is 11.6 Å². The summed E-state index contributed by atoms with van der Waals surface area (Å²) in [5, 5.41) is 5.46. The smallest absolute Gasteiger partial charge is 0.267 e. The van der Waals surface area contributed by atoms with Crippen molar-refractivity contribution in [3.63, 3.8) is 0 Å². The molecule has 4 nitrogen and oxygen atoms in total. The molecular formula is C20H18N2O2S. The first kappa shape index (κ1) is 15.8. The number of benzene rings is 2. The van der Waals surface area contributed by atoms with Crippen LogP contribution in [0.2, 0.25) is 0 Å². The molecule has 1 N–H and O–H groups in total. The summed E-state index contributed by atoms with van der Waals surface area (Å²) >= 11 is 1.43. The van der Waals surface area contributed by atoms with Gasteiger partial charge in [-0.05, 0) is 37.1 Å². The highest BCUT2D eigenvalue weighted by Gasteiger charge is 2.29. The Morgan fingerprint density at radius 2 is 2.08 bits per heavy atom. The van der Waals surface area contributed by atoms with Gasteiger partial charge in [-0.2, -0.15) is 0 Å². The molecule has 1 atom stereocenters. The predicted octanol–water partition coefficient (Wildman–Crippen LogP) is 4.37. The van der Waals surface area contributed by atoms with Crippen molar-refractivity contribution in [3.05, 3.63) is 64.5 Å². The van der Waals surface area contributed by atoms with Crippen LogP contribution >= 0.6 is 11.3 Å². The zero-order valence-electron chi connectivity index (χ0n) is 14.1. The van der Waals surface area contributed by atoms with Gasteiger partial charge >= 0.3 is 0 Å². The molecule has 1 amide bonds. The van der Waals surface area contributed by atoms with Crippen molar-refractivity contribution in [2.75, 3.05) is 5.32 Å². The number of thiazole rings is 1. The summed E-state index contributed by atoms with van der Waals surface area (Å²) in [6.45, 7) is 4.13. The third-order valence-electron chi connectivity index (χ3n) is 4.34. The monoisotopic (exact) mass is 350 g/mol. The van der Waals surface area contributed by atoms with E-state index < -0.39 is 6.10 Å². The maximum absolute atomic E-state index is 12.5. The van der Waals surface area contributed by atoms with Crippen molar-refractivity contribution >= 4 is 22.4 Å². The molecule has 1 aromatic heterocycles. The maximum atomic E-state index is 12.5. The Kier molecular flexibility index (Phi) is 4.01. The van der Waals surface area contributed by atoms with Crippen LogP contribution in [-0.4, -0.2) is 17.0 Å². The number of hydrogen-bond acceptors (Lipinski definition) is 4. The van der Waals surface area contributed by atoms with Crippen molar-refractivity contribution in [2.45, 2.75) is 26.4 Å². The van der Waals surface area contributed by atoms with Gasteiger partial charge in [0, 0.05) is 17.4 Å². The lowest BCUT2D eigenvalue weighted by molar-refractivity contribution is -0.122. The van der Waals surface area contributed by atoms with Gasteiger partial charge in [-0.3, -0.25) is 10.1 Å². The van der Waals surface area contributed by atoms with Gasteiger partial charge in [-0.15, -0.1) is 11.3 Å². The summed E-state index contributed by atoms with van der Waals surface area (Å²) in [6, 6.07) is 14.0. The lowest BCUT2D eigenvalue weighted by Gasteiger charge is -2.09. The van der Waals surface area contributed by atoms with E-state index in [0.717, 1.165) is 22.6 Å². The third kappa shape index (κ3) is 3.15. The fourth-order valence-corrected chi connectivity index (χ4v) is 3.69. The number of nitrogens with one attached hydrogen (secondary N) is 1. The van der Waals surface area contributed by atoms with Gasteiger partial charge in [-0.25, -0.2) is 4.98 Å². The number of ether oxygens (including phenoxy) is 1. The average molecular weight is 350 g/mol. The number of rotatable bonds is 3. The second-order valence-electron chi connectivity index (χ2n) is 6.26. The molecule has 1 unspecified atom stereocenters. The van der Waals surface area contributed by atoms with E-state index in [1.54, 1.807) is 0 Å². The van der Waals surface area contributed by atoms with Crippen LogP contribution in [0.4, 0.5) is 5.13 Å². The number of carbonyl (C=O) groups excluding carboxylic acids is 1. The second kappa shape index (κ2) is 6.33. The fraction of sp³-hybridized carbons (Fsp3) is 0.200. The molecule has 0 bridgehead atoms. The summed E-state index contributed by atoms with van der Waals surface area (Å²) in [7, 11) is 0. The first-order chi connectivity index (χ1) is 12.1. The highest BCUT2D eigenvalue weighted by Crippen LogP contribution is 2.30. The Bertz CT molecular complexity index is 923. The highest BCUT2D eigenvalue weighted by molar-refractivity contribution is 7.14. The summed E-state index contributed by atoms with van der Waals surface area (Å²) < 4.78 is 5.73. The third-order valence-corrected chi connectivity index (χ3v) is 5.10. The Morgan fingerprint density at radius 1 is 1.24 bits per heavy atom. The van der Waals surface area contributed by atoms with Gasteiger partial charge < -0.3 is 4.74 Å². The minimum atomic E-state index is -0.495. The van der Waals surface area contributed by atoms with E-state index in [-0.39, 0.29) is 5.91 Å². The average Bonchev–Trinajstić information content (AvgIpc) is 3.23. The number of fused-ring (bicyclic) bond motifs is 1. The number of aromatic nitrogens is 1. The molecule has 1 aliphatic rings. The van der Waals surface area contributed by atoms with Crippen LogP contribution in [0.25, 0.3) is 11.3 Å².